The second-order valence-corrected chi connectivity index (χ2v) is 5.59. The summed E-state index contributed by atoms with van der Waals surface area (Å²) in [7, 11) is 1.64. The minimum Gasteiger partial charge on any atom is -0.497 e. The van der Waals surface area contributed by atoms with E-state index in [0.29, 0.717) is 13.0 Å². The van der Waals surface area contributed by atoms with Crippen molar-refractivity contribution < 1.29 is 9.53 Å². The number of carbonyl (C=O) groups is 1. The van der Waals surface area contributed by atoms with Crippen LogP contribution < -0.4 is 10.1 Å². The number of methoxy groups -OCH3 is 1. The van der Waals surface area contributed by atoms with Crippen LogP contribution in [0.4, 0.5) is 0 Å². The van der Waals surface area contributed by atoms with Gasteiger partial charge in [-0.25, -0.2) is 0 Å². The topological polar surface area (TPSA) is 38.3 Å². The average molecular weight is 289 g/mol. The minimum atomic E-state index is 0.109. The Labute approximate surface area is 123 Å². The van der Waals surface area contributed by atoms with Gasteiger partial charge >= 0.3 is 0 Å². The molecule has 0 bridgehead atoms. The number of hydrogen-bond donors (Lipinski definition) is 1. The second-order valence-electron chi connectivity index (χ2n) is 4.56. The summed E-state index contributed by atoms with van der Waals surface area (Å²) in [6.45, 7) is 0.571. The van der Waals surface area contributed by atoms with Crippen LogP contribution in [0.3, 0.4) is 0 Å². The molecule has 1 aromatic carbocycles. The van der Waals surface area contributed by atoms with Crippen molar-refractivity contribution in [3.63, 3.8) is 0 Å². The molecule has 1 N–H and O–H groups in total. The van der Waals surface area contributed by atoms with E-state index in [-0.39, 0.29) is 5.91 Å². The quantitative estimate of drug-likeness (QED) is 0.848. The molecule has 2 aromatic rings. The van der Waals surface area contributed by atoms with Gasteiger partial charge in [-0.15, -0.1) is 11.3 Å². The number of aryl methyl sites for hydroxylation is 1. The molecule has 0 aliphatic carbocycles. The Morgan fingerprint density at radius 1 is 1.25 bits per heavy atom. The summed E-state index contributed by atoms with van der Waals surface area (Å²) in [6.07, 6.45) is 2.45. The number of rotatable bonds is 7. The molecular weight excluding hydrogens is 270 g/mol. The lowest BCUT2D eigenvalue weighted by Gasteiger charge is -2.06. The molecule has 0 unspecified atom stereocenters. The third-order valence-electron chi connectivity index (χ3n) is 3.06. The predicted octanol–water partition coefficient (Wildman–Crippen LogP) is 3.40. The van der Waals surface area contributed by atoms with Gasteiger partial charge in [0.1, 0.15) is 5.75 Å². The highest BCUT2D eigenvalue weighted by Crippen LogP contribution is 2.12. The zero-order valence-electron chi connectivity index (χ0n) is 11.6. The van der Waals surface area contributed by atoms with E-state index in [9.17, 15) is 4.79 Å². The van der Waals surface area contributed by atoms with Gasteiger partial charge < -0.3 is 10.1 Å². The van der Waals surface area contributed by atoms with Crippen LogP contribution in [0, 0.1) is 0 Å². The van der Waals surface area contributed by atoms with E-state index in [1.165, 1.54) is 4.88 Å². The van der Waals surface area contributed by atoms with Gasteiger partial charge in [0, 0.05) is 17.8 Å². The van der Waals surface area contributed by atoms with Crippen molar-refractivity contribution in [2.24, 2.45) is 0 Å². The zero-order chi connectivity index (χ0) is 14.2. The van der Waals surface area contributed by atoms with Gasteiger partial charge in [0.2, 0.25) is 5.91 Å². The van der Waals surface area contributed by atoms with Crippen LogP contribution in [-0.2, 0) is 17.8 Å². The van der Waals surface area contributed by atoms with Gasteiger partial charge in [-0.05, 0) is 42.0 Å². The molecule has 0 aliphatic rings. The highest BCUT2D eigenvalue weighted by Gasteiger charge is 2.02. The van der Waals surface area contributed by atoms with Crippen molar-refractivity contribution in [3.8, 4) is 5.75 Å². The molecule has 0 spiro atoms. The average Bonchev–Trinajstić information content (AvgIpc) is 2.99. The van der Waals surface area contributed by atoms with Gasteiger partial charge in [-0.3, -0.25) is 4.79 Å². The van der Waals surface area contributed by atoms with Crippen LogP contribution in [0.1, 0.15) is 23.3 Å². The maximum atomic E-state index is 11.7. The molecule has 20 heavy (non-hydrogen) atoms. The monoisotopic (exact) mass is 289 g/mol. The van der Waals surface area contributed by atoms with Gasteiger partial charge in [0.05, 0.1) is 7.11 Å². The van der Waals surface area contributed by atoms with Gasteiger partial charge in [-0.2, -0.15) is 0 Å². The molecule has 1 heterocycles. The van der Waals surface area contributed by atoms with Crippen LogP contribution in [0.5, 0.6) is 5.75 Å². The van der Waals surface area contributed by atoms with Crippen LogP contribution in [0.25, 0.3) is 0 Å². The molecule has 1 amide bonds. The van der Waals surface area contributed by atoms with Crippen molar-refractivity contribution in [3.05, 3.63) is 52.2 Å². The first-order valence-corrected chi connectivity index (χ1v) is 7.58. The Morgan fingerprint density at radius 2 is 2.05 bits per heavy atom. The van der Waals surface area contributed by atoms with E-state index in [0.717, 1.165) is 24.2 Å². The Hall–Kier alpha value is -1.81. The number of nitrogens with one attached hydrogen (secondary N) is 1. The van der Waals surface area contributed by atoms with E-state index in [1.54, 1.807) is 18.4 Å². The third kappa shape index (κ3) is 4.70. The predicted molar refractivity (Wildman–Crippen MR) is 82.1 cm³/mol. The van der Waals surface area contributed by atoms with Crippen molar-refractivity contribution in [2.75, 3.05) is 7.11 Å². The van der Waals surface area contributed by atoms with Gasteiger partial charge in [0.25, 0.3) is 0 Å². The number of thiophene rings is 1. The molecule has 3 nitrogen and oxygen atoms in total. The molecule has 0 atom stereocenters. The number of hydrogen-bond acceptors (Lipinski definition) is 3. The molecule has 2 rings (SSSR count). The van der Waals surface area contributed by atoms with Crippen molar-refractivity contribution >= 4 is 17.2 Å². The van der Waals surface area contributed by atoms with Crippen LogP contribution >= 0.6 is 11.3 Å². The molecule has 0 saturated carbocycles. The van der Waals surface area contributed by atoms with E-state index >= 15 is 0 Å². The third-order valence-corrected chi connectivity index (χ3v) is 3.99. The van der Waals surface area contributed by atoms with E-state index < -0.39 is 0 Å². The molecule has 0 radical (unpaired) electrons. The van der Waals surface area contributed by atoms with Gasteiger partial charge in [-0.1, -0.05) is 18.2 Å². The summed E-state index contributed by atoms with van der Waals surface area (Å²) < 4.78 is 5.10. The Kier molecular flexibility index (Phi) is 5.62. The molecule has 0 saturated heterocycles. The van der Waals surface area contributed by atoms with Crippen molar-refractivity contribution in [1.82, 2.24) is 5.32 Å². The standard InChI is InChI=1S/C16H19NO2S/c1-19-14-9-7-13(8-10-14)12-17-16(18)6-2-4-15-5-3-11-20-15/h3,5,7-11H,2,4,6,12H2,1H3,(H,17,18). The van der Waals surface area contributed by atoms with Crippen LogP contribution in [-0.4, -0.2) is 13.0 Å². The number of amides is 1. The fourth-order valence-electron chi connectivity index (χ4n) is 1.91. The highest BCUT2D eigenvalue weighted by atomic mass is 32.1. The summed E-state index contributed by atoms with van der Waals surface area (Å²) in [6, 6.07) is 11.9. The molecule has 106 valence electrons. The van der Waals surface area contributed by atoms with Crippen molar-refractivity contribution in [2.45, 2.75) is 25.8 Å². The van der Waals surface area contributed by atoms with Crippen LogP contribution in [0.15, 0.2) is 41.8 Å². The van der Waals surface area contributed by atoms with Crippen molar-refractivity contribution in [1.29, 1.82) is 0 Å². The first kappa shape index (κ1) is 14.6. The molecule has 0 aliphatic heterocycles. The molecule has 1 aromatic heterocycles. The normalized spacial score (nSPS) is 10.2. The van der Waals surface area contributed by atoms with Gasteiger partial charge in [0.15, 0.2) is 0 Å². The Balaban J connectivity index is 1.66. The van der Waals surface area contributed by atoms with E-state index in [1.807, 2.05) is 30.3 Å². The summed E-state index contributed by atoms with van der Waals surface area (Å²) in [5.74, 6) is 0.938. The lowest BCUT2D eigenvalue weighted by molar-refractivity contribution is -0.121. The zero-order valence-corrected chi connectivity index (χ0v) is 12.4. The smallest absolute Gasteiger partial charge is 0.220 e. The minimum absolute atomic E-state index is 0.109. The van der Waals surface area contributed by atoms with E-state index in [4.69, 9.17) is 4.74 Å². The fraction of sp³-hybridized carbons (Fsp3) is 0.312. The van der Waals surface area contributed by atoms with Crippen LogP contribution in [0.2, 0.25) is 0 Å². The summed E-state index contributed by atoms with van der Waals surface area (Å²) in [4.78, 5) is 13.1. The number of benzene rings is 1. The molecule has 4 heteroatoms. The number of ether oxygens (including phenoxy) is 1. The lowest BCUT2D eigenvalue weighted by atomic mass is 10.2. The lowest BCUT2D eigenvalue weighted by Crippen LogP contribution is -2.22. The summed E-state index contributed by atoms with van der Waals surface area (Å²) in [5, 5.41) is 5.01. The fourth-order valence-corrected chi connectivity index (χ4v) is 2.66. The SMILES string of the molecule is COc1ccc(CNC(=O)CCCc2cccs2)cc1. The molecular formula is C16H19NO2S. The maximum Gasteiger partial charge on any atom is 0.220 e. The first-order chi connectivity index (χ1) is 9.78. The number of carbonyl (C=O) groups excluding carboxylic acids is 1. The summed E-state index contributed by atoms with van der Waals surface area (Å²) >= 11 is 1.74. The second kappa shape index (κ2) is 7.70. The van der Waals surface area contributed by atoms with E-state index in [2.05, 4.69) is 16.8 Å². The Morgan fingerprint density at radius 3 is 2.70 bits per heavy atom. The molecule has 0 fully saturated rings. The first-order valence-electron chi connectivity index (χ1n) is 6.70. The largest absolute Gasteiger partial charge is 0.497 e. The Bertz CT molecular complexity index is 520. The highest BCUT2D eigenvalue weighted by molar-refractivity contribution is 7.09. The maximum absolute atomic E-state index is 11.7. The summed E-state index contributed by atoms with van der Waals surface area (Å²) in [5.41, 5.74) is 1.08.